The van der Waals surface area contributed by atoms with Crippen LogP contribution in [0.4, 0.5) is 0 Å². The first kappa shape index (κ1) is 12.6. The van der Waals surface area contributed by atoms with E-state index in [9.17, 15) is 0 Å². The predicted octanol–water partition coefficient (Wildman–Crippen LogP) is 2.69. The summed E-state index contributed by atoms with van der Waals surface area (Å²) < 4.78 is 5.60. The van der Waals surface area contributed by atoms with E-state index >= 15 is 0 Å². The van der Waals surface area contributed by atoms with Crippen LogP contribution in [0, 0.1) is 0 Å². The summed E-state index contributed by atoms with van der Waals surface area (Å²) in [6.07, 6.45) is 1.78. The van der Waals surface area contributed by atoms with Gasteiger partial charge in [-0.3, -0.25) is 4.98 Å². The van der Waals surface area contributed by atoms with Crippen LogP contribution in [0.15, 0.2) is 48.7 Å². The van der Waals surface area contributed by atoms with Crippen LogP contribution in [-0.2, 0) is 0 Å². The smallest absolute Gasteiger partial charge is 0.137 e. The average Bonchev–Trinajstić information content (AvgIpc) is 2.40. The van der Waals surface area contributed by atoms with E-state index in [0.29, 0.717) is 6.61 Å². The molecule has 0 bridgehead atoms. The minimum Gasteiger partial charge on any atom is -0.491 e. The van der Waals surface area contributed by atoms with Gasteiger partial charge in [0.15, 0.2) is 0 Å². The van der Waals surface area contributed by atoms with Crippen molar-refractivity contribution >= 4 is 0 Å². The van der Waals surface area contributed by atoms with Gasteiger partial charge in [-0.15, -0.1) is 0 Å². The van der Waals surface area contributed by atoms with Crippen molar-refractivity contribution in [3.8, 4) is 17.0 Å². The van der Waals surface area contributed by atoms with Crippen molar-refractivity contribution in [1.82, 2.24) is 9.88 Å². The van der Waals surface area contributed by atoms with Crippen LogP contribution in [0.3, 0.4) is 0 Å². The summed E-state index contributed by atoms with van der Waals surface area (Å²) in [6, 6.07) is 14.1. The Labute approximate surface area is 108 Å². The number of rotatable bonds is 5. The maximum absolute atomic E-state index is 5.60. The molecule has 0 aliphatic rings. The fourth-order valence-corrected chi connectivity index (χ4v) is 1.59. The van der Waals surface area contributed by atoms with Crippen molar-refractivity contribution in [3.05, 3.63) is 48.7 Å². The number of nitrogens with zero attached hydrogens (tertiary/aromatic N) is 2. The van der Waals surface area contributed by atoms with E-state index in [0.717, 1.165) is 23.6 Å². The lowest BCUT2D eigenvalue weighted by atomic mass is 10.1. The number of ether oxygens (including phenoxy) is 1. The standard InChI is InChI=1S/C15H18N2O/c1-17(2)10-11-18-14-8-9-15(16-12-14)13-6-4-3-5-7-13/h3-9,12H,10-11H2,1-2H3. The molecule has 0 spiro atoms. The molecule has 94 valence electrons. The zero-order valence-electron chi connectivity index (χ0n) is 10.8. The topological polar surface area (TPSA) is 25.4 Å². The SMILES string of the molecule is CN(C)CCOc1ccc(-c2ccccc2)nc1. The Morgan fingerprint density at radius 3 is 2.44 bits per heavy atom. The van der Waals surface area contributed by atoms with Gasteiger partial charge in [0.1, 0.15) is 12.4 Å². The third kappa shape index (κ3) is 3.57. The number of benzene rings is 1. The molecular weight excluding hydrogens is 224 g/mol. The predicted molar refractivity (Wildman–Crippen MR) is 73.7 cm³/mol. The van der Waals surface area contributed by atoms with Crippen molar-refractivity contribution in [1.29, 1.82) is 0 Å². The van der Waals surface area contributed by atoms with Crippen molar-refractivity contribution in [2.24, 2.45) is 0 Å². The highest BCUT2D eigenvalue weighted by Gasteiger charge is 1.99. The van der Waals surface area contributed by atoms with Crippen LogP contribution in [0.1, 0.15) is 0 Å². The molecule has 1 aromatic carbocycles. The van der Waals surface area contributed by atoms with E-state index in [1.807, 2.05) is 44.4 Å². The number of aromatic nitrogens is 1. The van der Waals surface area contributed by atoms with E-state index in [4.69, 9.17) is 4.74 Å². The third-order valence-corrected chi connectivity index (χ3v) is 2.61. The molecule has 0 N–H and O–H groups in total. The summed E-state index contributed by atoms with van der Waals surface area (Å²) in [5, 5.41) is 0. The van der Waals surface area contributed by atoms with Crippen LogP contribution in [0.25, 0.3) is 11.3 Å². The molecular formula is C15H18N2O. The van der Waals surface area contributed by atoms with Gasteiger partial charge in [0.2, 0.25) is 0 Å². The quantitative estimate of drug-likeness (QED) is 0.806. The summed E-state index contributed by atoms with van der Waals surface area (Å²) in [4.78, 5) is 6.50. The molecule has 0 amide bonds. The van der Waals surface area contributed by atoms with Crippen molar-refractivity contribution in [2.75, 3.05) is 27.2 Å². The van der Waals surface area contributed by atoms with Gasteiger partial charge in [-0.2, -0.15) is 0 Å². The second-order valence-electron chi connectivity index (χ2n) is 4.40. The largest absolute Gasteiger partial charge is 0.491 e. The summed E-state index contributed by atoms with van der Waals surface area (Å²) in [5.74, 6) is 0.816. The Morgan fingerprint density at radius 1 is 1.06 bits per heavy atom. The molecule has 3 heteroatoms. The number of hydrogen-bond acceptors (Lipinski definition) is 3. The molecule has 1 aromatic heterocycles. The Bertz CT molecular complexity index is 466. The van der Waals surface area contributed by atoms with Crippen molar-refractivity contribution in [2.45, 2.75) is 0 Å². The molecule has 2 rings (SSSR count). The maximum Gasteiger partial charge on any atom is 0.137 e. The Morgan fingerprint density at radius 2 is 1.83 bits per heavy atom. The number of pyridine rings is 1. The molecule has 0 saturated heterocycles. The van der Waals surface area contributed by atoms with Crippen LogP contribution in [-0.4, -0.2) is 37.1 Å². The first-order valence-corrected chi connectivity index (χ1v) is 6.05. The molecule has 2 aromatic rings. The first-order chi connectivity index (χ1) is 8.75. The zero-order chi connectivity index (χ0) is 12.8. The number of hydrogen-bond donors (Lipinski definition) is 0. The summed E-state index contributed by atoms with van der Waals surface area (Å²) in [7, 11) is 4.06. The van der Waals surface area contributed by atoms with Gasteiger partial charge in [0, 0.05) is 12.1 Å². The molecule has 0 saturated carbocycles. The Kier molecular flexibility index (Phi) is 4.31. The van der Waals surface area contributed by atoms with E-state index in [2.05, 4.69) is 22.0 Å². The lowest BCUT2D eigenvalue weighted by Crippen LogP contribution is -2.19. The van der Waals surface area contributed by atoms with E-state index in [1.54, 1.807) is 6.20 Å². The summed E-state index contributed by atoms with van der Waals surface area (Å²) >= 11 is 0. The van der Waals surface area contributed by atoms with Crippen LogP contribution in [0.2, 0.25) is 0 Å². The molecule has 0 fully saturated rings. The third-order valence-electron chi connectivity index (χ3n) is 2.61. The Balaban J connectivity index is 1.98. The van der Waals surface area contributed by atoms with Crippen molar-refractivity contribution < 1.29 is 4.74 Å². The van der Waals surface area contributed by atoms with Crippen LogP contribution in [0.5, 0.6) is 5.75 Å². The highest BCUT2D eigenvalue weighted by atomic mass is 16.5. The molecule has 0 radical (unpaired) electrons. The lowest BCUT2D eigenvalue weighted by Gasteiger charge is -2.10. The highest BCUT2D eigenvalue weighted by Crippen LogP contribution is 2.18. The van der Waals surface area contributed by atoms with Gasteiger partial charge in [0.05, 0.1) is 11.9 Å². The minimum absolute atomic E-state index is 0.680. The molecule has 0 atom stereocenters. The molecule has 0 aliphatic carbocycles. The van der Waals surface area contributed by atoms with Crippen molar-refractivity contribution in [3.63, 3.8) is 0 Å². The van der Waals surface area contributed by atoms with E-state index in [-0.39, 0.29) is 0 Å². The second-order valence-corrected chi connectivity index (χ2v) is 4.40. The molecule has 3 nitrogen and oxygen atoms in total. The minimum atomic E-state index is 0.680. The van der Waals surface area contributed by atoms with Gasteiger partial charge < -0.3 is 9.64 Å². The van der Waals surface area contributed by atoms with Gasteiger partial charge in [-0.1, -0.05) is 30.3 Å². The van der Waals surface area contributed by atoms with Gasteiger partial charge in [0.25, 0.3) is 0 Å². The average molecular weight is 242 g/mol. The van der Waals surface area contributed by atoms with Gasteiger partial charge in [-0.25, -0.2) is 0 Å². The summed E-state index contributed by atoms with van der Waals surface area (Å²) in [6.45, 7) is 1.58. The fraction of sp³-hybridized carbons (Fsp3) is 0.267. The van der Waals surface area contributed by atoms with Gasteiger partial charge in [-0.05, 0) is 26.2 Å². The molecule has 18 heavy (non-hydrogen) atoms. The second kappa shape index (κ2) is 6.17. The van der Waals surface area contributed by atoms with E-state index < -0.39 is 0 Å². The van der Waals surface area contributed by atoms with E-state index in [1.165, 1.54) is 0 Å². The first-order valence-electron chi connectivity index (χ1n) is 6.05. The summed E-state index contributed by atoms with van der Waals surface area (Å²) in [5.41, 5.74) is 2.09. The monoisotopic (exact) mass is 242 g/mol. The van der Waals surface area contributed by atoms with Crippen LogP contribution < -0.4 is 4.74 Å². The Hall–Kier alpha value is -1.87. The fourth-order valence-electron chi connectivity index (χ4n) is 1.59. The highest BCUT2D eigenvalue weighted by molar-refractivity contribution is 5.58. The zero-order valence-corrected chi connectivity index (χ0v) is 10.8. The molecule has 1 heterocycles. The molecule has 0 aliphatic heterocycles. The normalized spacial score (nSPS) is 10.6. The lowest BCUT2D eigenvalue weighted by molar-refractivity contribution is 0.260. The van der Waals surface area contributed by atoms with Crippen LogP contribution >= 0.6 is 0 Å². The maximum atomic E-state index is 5.60. The number of likely N-dealkylation sites (N-methyl/N-ethyl adjacent to an activating group) is 1. The van der Waals surface area contributed by atoms with Gasteiger partial charge >= 0.3 is 0 Å². The molecule has 0 unspecified atom stereocenters.